The smallest absolute Gasteiger partial charge is 0.326 e. The van der Waals surface area contributed by atoms with E-state index in [0.29, 0.717) is 11.4 Å². The number of aliphatic carboxylic acids is 1. The van der Waals surface area contributed by atoms with Gasteiger partial charge in [-0.2, -0.15) is 0 Å². The number of aryl methyl sites for hydroxylation is 2. The molecule has 0 bridgehead atoms. The van der Waals surface area contributed by atoms with E-state index in [1.165, 1.54) is 13.2 Å². The summed E-state index contributed by atoms with van der Waals surface area (Å²) in [5, 5.41) is 11.5. The van der Waals surface area contributed by atoms with Gasteiger partial charge < -0.3 is 15.2 Å². The number of nitrogens with zero attached hydrogens (tertiary/aromatic N) is 2. The fraction of sp³-hybridized carbons (Fsp3) is 0.375. The maximum atomic E-state index is 13.8. The minimum atomic E-state index is -1.20. The molecule has 0 fully saturated rings. The minimum Gasteiger partial charge on any atom is -0.480 e. The van der Waals surface area contributed by atoms with E-state index in [1.807, 2.05) is 0 Å². The van der Waals surface area contributed by atoms with E-state index in [0.717, 1.165) is 6.07 Å². The number of hydrogen-bond donors (Lipinski definition) is 2. The molecule has 7 nitrogen and oxygen atoms in total. The molecule has 24 heavy (non-hydrogen) atoms. The zero-order valence-corrected chi connectivity index (χ0v) is 13.6. The lowest BCUT2D eigenvalue weighted by atomic mass is 10.1. The average molecular weight is 335 g/mol. The van der Waals surface area contributed by atoms with Gasteiger partial charge in [-0.25, -0.2) is 19.2 Å². The Morgan fingerprint density at radius 2 is 1.96 bits per heavy atom. The van der Waals surface area contributed by atoms with Gasteiger partial charge in [-0.3, -0.25) is 4.79 Å². The number of carboxylic acids is 1. The summed E-state index contributed by atoms with van der Waals surface area (Å²) in [6, 6.07) is 1.07. The summed E-state index contributed by atoms with van der Waals surface area (Å²) in [7, 11) is 1.43. The molecule has 2 N–H and O–H groups in total. The largest absolute Gasteiger partial charge is 0.480 e. The number of amides is 1. The molecule has 2 rings (SSSR count). The highest BCUT2D eigenvalue weighted by molar-refractivity contribution is 6.05. The lowest BCUT2D eigenvalue weighted by Gasteiger charge is -2.15. The molecular weight excluding hydrogens is 317 g/mol. The predicted octanol–water partition coefficient (Wildman–Crippen LogP) is 1.61. The molecule has 0 saturated heterocycles. The van der Waals surface area contributed by atoms with E-state index in [2.05, 4.69) is 15.3 Å². The summed E-state index contributed by atoms with van der Waals surface area (Å²) >= 11 is 0. The number of ether oxygens (including phenoxy) is 1. The topological polar surface area (TPSA) is 101 Å². The zero-order chi connectivity index (χ0) is 17.9. The lowest BCUT2D eigenvalue weighted by molar-refractivity contribution is -0.139. The third-order valence-electron chi connectivity index (χ3n) is 3.60. The third-order valence-corrected chi connectivity index (χ3v) is 3.60. The molecule has 1 atom stereocenters. The van der Waals surface area contributed by atoms with Crippen LogP contribution in [-0.4, -0.2) is 46.7 Å². The van der Waals surface area contributed by atoms with E-state index < -0.39 is 23.7 Å². The summed E-state index contributed by atoms with van der Waals surface area (Å²) in [4.78, 5) is 32.2. The van der Waals surface area contributed by atoms with Crippen LogP contribution in [0.2, 0.25) is 0 Å². The van der Waals surface area contributed by atoms with E-state index >= 15 is 0 Å². The summed E-state index contributed by atoms with van der Waals surface area (Å²) in [6.07, 6.45) is 0.0919. The number of fused-ring (bicyclic) bond motifs is 1. The molecule has 128 valence electrons. The van der Waals surface area contributed by atoms with Gasteiger partial charge >= 0.3 is 5.97 Å². The quantitative estimate of drug-likeness (QED) is 0.831. The molecule has 1 amide bonds. The molecule has 1 aromatic carbocycles. The third kappa shape index (κ3) is 3.83. The van der Waals surface area contributed by atoms with Gasteiger partial charge in [0.15, 0.2) is 0 Å². The van der Waals surface area contributed by atoms with Crippen molar-refractivity contribution in [1.82, 2.24) is 15.3 Å². The minimum absolute atomic E-state index is 0.0516. The maximum Gasteiger partial charge on any atom is 0.326 e. The number of benzene rings is 1. The molecule has 0 saturated carbocycles. The SMILES string of the molecule is COCCC(NC(=O)c1cc(F)cc2nc(C)c(C)nc12)C(=O)O. The Morgan fingerprint density at radius 1 is 1.29 bits per heavy atom. The van der Waals surface area contributed by atoms with Crippen molar-refractivity contribution in [2.45, 2.75) is 26.3 Å². The van der Waals surface area contributed by atoms with Crippen LogP contribution < -0.4 is 5.32 Å². The Labute approximate surface area is 137 Å². The number of carbonyl (C=O) groups is 2. The maximum absolute atomic E-state index is 13.8. The first-order chi connectivity index (χ1) is 11.3. The van der Waals surface area contributed by atoms with Crippen molar-refractivity contribution in [2.24, 2.45) is 0 Å². The number of carboxylic acid groups (broad SMARTS) is 1. The normalized spacial score (nSPS) is 12.2. The average Bonchev–Trinajstić information content (AvgIpc) is 2.51. The Balaban J connectivity index is 2.41. The van der Waals surface area contributed by atoms with Crippen molar-refractivity contribution >= 4 is 22.9 Å². The molecule has 0 aliphatic carbocycles. The number of carbonyl (C=O) groups excluding carboxylic acids is 1. The van der Waals surface area contributed by atoms with Crippen LogP contribution in [0.5, 0.6) is 0 Å². The van der Waals surface area contributed by atoms with Gasteiger partial charge in [0.1, 0.15) is 17.4 Å². The molecular formula is C16H18FN3O4. The van der Waals surface area contributed by atoms with Crippen LogP contribution in [-0.2, 0) is 9.53 Å². The van der Waals surface area contributed by atoms with Crippen molar-refractivity contribution in [3.05, 3.63) is 34.9 Å². The number of aromatic nitrogens is 2. The van der Waals surface area contributed by atoms with Gasteiger partial charge in [-0.15, -0.1) is 0 Å². The molecule has 0 spiro atoms. The zero-order valence-electron chi connectivity index (χ0n) is 13.6. The van der Waals surface area contributed by atoms with Gasteiger partial charge in [-0.05, 0) is 19.9 Å². The molecule has 2 aromatic rings. The number of hydrogen-bond acceptors (Lipinski definition) is 5. The Morgan fingerprint density at radius 3 is 2.58 bits per heavy atom. The predicted molar refractivity (Wildman–Crippen MR) is 84.4 cm³/mol. The number of nitrogens with one attached hydrogen (secondary N) is 1. The highest BCUT2D eigenvalue weighted by Crippen LogP contribution is 2.19. The Bertz CT molecular complexity index is 794. The van der Waals surface area contributed by atoms with Crippen molar-refractivity contribution in [3.8, 4) is 0 Å². The van der Waals surface area contributed by atoms with Crippen LogP contribution >= 0.6 is 0 Å². The second-order valence-corrected chi connectivity index (χ2v) is 5.36. The molecule has 1 heterocycles. The van der Waals surface area contributed by atoms with Crippen molar-refractivity contribution in [2.75, 3.05) is 13.7 Å². The summed E-state index contributed by atoms with van der Waals surface area (Å²) in [5.74, 6) is -2.56. The van der Waals surface area contributed by atoms with E-state index in [9.17, 15) is 19.1 Å². The van der Waals surface area contributed by atoms with E-state index in [4.69, 9.17) is 4.74 Å². The van der Waals surface area contributed by atoms with Crippen LogP contribution in [0.1, 0.15) is 28.2 Å². The van der Waals surface area contributed by atoms with Crippen LogP contribution in [0, 0.1) is 19.7 Å². The first-order valence-electron chi connectivity index (χ1n) is 7.30. The number of methoxy groups -OCH3 is 1. The Kier molecular flexibility index (Phi) is 5.40. The standard InChI is InChI=1S/C16H18FN3O4/c1-8-9(2)19-14-11(6-10(17)7-13(14)18-8)15(21)20-12(16(22)23)4-5-24-3/h6-7,12H,4-5H2,1-3H3,(H,20,21)(H,22,23). The number of halogens is 1. The van der Waals surface area contributed by atoms with Crippen molar-refractivity contribution in [1.29, 1.82) is 0 Å². The number of rotatable bonds is 6. The Hall–Kier alpha value is -2.61. The van der Waals surface area contributed by atoms with E-state index in [-0.39, 0.29) is 29.6 Å². The highest BCUT2D eigenvalue weighted by atomic mass is 19.1. The monoisotopic (exact) mass is 335 g/mol. The molecule has 0 aliphatic rings. The second-order valence-electron chi connectivity index (χ2n) is 5.36. The second kappa shape index (κ2) is 7.31. The summed E-state index contributed by atoms with van der Waals surface area (Å²) in [5.41, 5.74) is 1.66. The van der Waals surface area contributed by atoms with Gasteiger partial charge in [-0.1, -0.05) is 0 Å². The first-order valence-corrected chi connectivity index (χ1v) is 7.30. The van der Waals surface area contributed by atoms with Gasteiger partial charge in [0.2, 0.25) is 0 Å². The molecule has 1 aromatic heterocycles. The van der Waals surface area contributed by atoms with E-state index in [1.54, 1.807) is 13.8 Å². The molecule has 8 heteroatoms. The van der Waals surface area contributed by atoms with Crippen LogP contribution in [0.4, 0.5) is 4.39 Å². The van der Waals surface area contributed by atoms with Crippen molar-refractivity contribution < 1.29 is 23.8 Å². The summed E-state index contributed by atoms with van der Waals surface area (Å²) < 4.78 is 18.6. The molecule has 0 radical (unpaired) electrons. The molecule has 1 unspecified atom stereocenters. The van der Waals surface area contributed by atoms with Crippen LogP contribution in [0.25, 0.3) is 11.0 Å². The highest BCUT2D eigenvalue weighted by Gasteiger charge is 2.23. The summed E-state index contributed by atoms with van der Waals surface area (Å²) in [6.45, 7) is 3.63. The van der Waals surface area contributed by atoms with Gasteiger partial charge in [0.05, 0.1) is 22.5 Å². The fourth-order valence-electron chi connectivity index (χ4n) is 2.20. The van der Waals surface area contributed by atoms with Crippen LogP contribution in [0.15, 0.2) is 12.1 Å². The molecule has 0 aliphatic heterocycles. The van der Waals surface area contributed by atoms with Crippen molar-refractivity contribution in [3.63, 3.8) is 0 Å². The lowest BCUT2D eigenvalue weighted by Crippen LogP contribution is -2.41. The van der Waals surface area contributed by atoms with Gasteiger partial charge in [0.25, 0.3) is 5.91 Å². The van der Waals surface area contributed by atoms with Gasteiger partial charge in [0, 0.05) is 26.2 Å². The fourth-order valence-corrected chi connectivity index (χ4v) is 2.20. The first kappa shape index (κ1) is 17.7. The van der Waals surface area contributed by atoms with Crippen LogP contribution in [0.3, 0.4) is 0 Å².